The van der Waals surface area contributed by atoms with Crippen molar-refractivity contribution in [1.82, 2.24) is 4.90 Å². The van der Waals surface area contributed by atoms with Crippen LogP contribution in [0, 0.1) is 0 Å². The average Bonchev–Trinajstić information content (AvgIpc) is 2.36. The molecular weight excluding hydrogens is 419 g/mol. The number of rotatable bonds is 3. The van der Waals surface area contributed by atoms with Crippen LogP contribution in [0.3, 0.4) is 0 Å². The normalized spacial score (nSPS) is 19.5. The zero-order chi connectivity index (χ0) is 14.9. The molecule has 108 valence electrons. The molecule has 1 unspecified atom stereocenters. The standard InChI is InChI=1S/C13H10Br2ClF2NO/c14-7-1-2-8(9(15)5-7)11-4-3-10(16)13(20)19(11)6-12(17)18/h1-2,4-5,10,12H,3,6H2. The summed E-state index contributed by atoms with van der Waals surface area (Å²) in [4.78, 5) is 13.1. The van der Waals surface area contributed by atoms with Gasteiger partial charge in [-0.15, -0.1) is 11.6 Å². The van der Waals surface area contributed by atoms with Crippen molar-refractivity contribution in [2.24, 2.45) is 0 Å². The van der Waals surface area contributed by atoms with E-state index in [9.17, 15) is 13.6 Å². The molecule has 0 aliphatic carbocycles. The van der Waals surface area contributed by atoms with E-state index in [1.807, 2.05) is 0 Å². The molecule has 20 heavy (non-hydrogen) atoms. The minimum Gasteiger partial charge on any atom is -0.305 e. The van der Waals surface area contributed by atoms with E-state index in [4.69, 9.17) is 11.6 Å². The van der Waals surface area contributed by atoms with Crippen LogP contribution in [0.15, 0.2) is 33.2 Å². The number of carbonyl (C=O) groups is 1. The van der Waals surface area contributed by atoms with Crippen molar-refractivity contribution in [3.63, 3.8) is 0 Å². The van der Waals surface area contributed by atoms with Crippen molar-refractivity contribution in [3.8, 4) is 0 Å². The summed E-state index contributed by atoms with van der Waals surface area (Å²) in [7, 11) is 0. The molecule has 2 nitrogen and oxygen atoms in total. The number of carbonyl (C=O) groups excluding carboxylic acids is 1. The van der Waals surface area contributed by atoms with E-state index >= 15 is 0 Å². The fraction of sp³-hybridized carbons (Fsp3) is 0.308. The van der Waals surface area contributed by atoms with Crippen LogP contribution in [0.1, 0.15) is 12.0 Å². The van der Waals surface area contributed by atoms with Gasteiger partial charge in [0, 0.05) is 20.2 Å². The summed E-state index contributed by atoms with van der Waals surface area (Å²) in [5, 5.41) is -0.785. The number of hydrogen-bond acceptors (Lipinski definition) is 1. The summed E-state index contributed by atoms with van der Waals surface area (Å²) in [6.45, 7) is -0.656. The first-order valence-corrected chi connectivity index (χ1v) is 7.81. The highest BCUT2D eigenvalue weighted by Gasteiger charge is 2.32. The molecule has 1 atom stereocenters. The Morgan fingerprint density at radius 1 is 1.40 bits per heavy atom. The fourth-order valence-corrected chi connectivity index (χ4v) is 3.45. The Kier molecular flexibility index (Phi) is 5.20. The molecule has 1 aliphatic rings. The first-order chi connectivity index (χ1) is 9.40. The summed E-state index contributed by atoms with van der Waals surface area (Å²) in [5.74, 6) is -0.487. The Hall–Kier alpha value is -0.460. The van der Waals surface area contributed by atoms with Crippen molar-refractivity contribution in [2.45, 2.75) is 18.2 Å². The second kappa shape index (κ2) is 6.54. The van der Waals surface area contributed by atoms with Gasteiger partial charge in [0.05, 0.1) is 6.54 Å². The highest BCUT2D eigenvalue weighted by molar-refractivity contribution is 9.11. The lowest BCUT2D eigenvalue weighted by atomic mass is 10.0. The van der Waals surface area contributed by atoms with Crippen LogP contribution in [0.4, 0.5) is 8.78 Å². The number of allylic oxidation sites excluding steroid dienone is 1. The molecule has 1 aliphatic heterocycles. The van der Waals surface area contributed by atoms with Gasteiger partial charge in [-0.25, -0.2) is 8.78 Å². The molecule has 1 amide bonds. The molecule has 0 saturated carbocycles. The summed E-state index contributed by atoms with van der Waals surface area (Å²) >= 11 is 12.6. The van der Waals surface area contributed by atoms with Gasteiger partial charge in [0.15, 0.2) is 0 Å². The molecule has 0 radical (unpaired) electrons. The number of benzene rings is 1. The van der Waals surface area contributed by atoms with Gasteiger partial charge >= 0.3 is 0 Å². The van der Waals surface area contributed by atoms with Gasteiger partial charge in [0.1, 0.15) is 5.38 Å². The van der Waals surface area contributed by atoms with E-state index < -0.39 is 24.3 Å². The minimum atomic E-state index is -2.61. The third-order valence-electron chi connectivity index (χ3n) is 2.87. The van der Waals surface area contributed by atoms with Crippen molar-refractivity contribution < 1.29 is 13.6 Å². The third-order valence-corrected chi connectivity index (χ3v) is 4.38. The van der Waals surface area contributed by atoms with Crippen LogP contribution in [-0.2, 0) is 4.79 Å². The number of amides is 1. The van der Waals surface area contributed by atoms with Crippen molar-refractivity contribution in [2.75, 3.05) is 6.54 Å². The zero-order valence-electron chi connectivity index (χ0n) is 10.1. The summed E-state index contributed by atoms with van der Waals surface area (Å²) in [6, 6.07) is 5.35. The molecule has 0 bridgehead atoms. The molecule has 0 spiro atoms. The van der Waals surface area contributed by atoms with Crippen molar-refractivity contribution >= 4 is 55.1 Å². The lowest BCUT2D eigenvalue weighted by Crippen LogP contribution is -2.41. The predicted octanol–water partition coefficient (Wildman–Crippen LogP) is 4.66. The van der Waals surface area contributed by atoms with Gasteiger partial charge in [-0.2, -0.15) is 0 Å². The van der Waals surface area contributed by atoms with Gasteiger partial charge in [-0.05, 0) is 18.6 Å². The molecule has 2 rings (SSSR count). The maximum Gasteiger partial charge on any atom is 0.256 e. The lowest BCUT2D eigenvalue weighted by molar-refractivity contribution is -0.129. The highest BCUT2D eigenvalue weighted by Crippen LogP contribution is 2.34. The highest BCUT2D eigenvalue weighted by atomic mass is 79.9. The number of halogens is 5. The van der Waals surface area contributed by atoms with E-state index in [-0.39, 0.29) is 0 Å². The van der Waals surface area contributed by atoms with Crippen LogP contribution in [0.2, 0.25) is 0 Å². The Morgan fingerprint density at radius 2 is 2.10 bits per heavy atom. The number of alkyl halides is 3. The Bertz CT molecular complexity index is 565. The van der Waals surface area contributed by atoms with Crippen LogP contribution >= 0.6 is 43.5 Å². The van der Waals surface area contributed by atoms with Crippen molar-refractivity contribution in [1.29, 1.82) is 0 Å². The molecule has 0 aromatic heterocycles. The number of hydrogen-bond donors (Lipinski definition) is 0. The minimum absolute atomic E-state index is 0.331. The van der Waals surface area contributed by atoms with Gasteiger partial charge in [0.2, 0.25) is 5.91 Å². The van der Waals surface area contributed by atoms with Crippen LogP contribution in [0.25, 0.3) is 5.70 Å². The smallest absolute Gasteiger partial charge is 0.256 e. The van der Waals surface area contributed by atoms with Crippen LogP contribution in [-0.4, -0.2) is 29.2 Å². The Morgan fingerprint density at radius 3 is 2.70 bits per heavy atom. The maximum atomic E-state index is 12.7. The van der Waals surface area contributed by atoms with E-state index in [1.165, 1.54) is 0 Å². The van der Waals surface area contributed by atoms with Gasteiger partial charge in [0.25, 0.3) is 6.43 Å². The molecule has 0 saturated heterocycles. The van der Waals surface area contributed by atoms with Crippen LogP contribution < -0.4 is 0 Å². The summed E-state index contributed by atoms with van der Waals surface area (Å²) in [5.41, 5.74) is 1.15. The second-order valence-electron chi connectivity index (χ2n) is 4.26. The Labute approximate surface area is 137 Å². The van der Waals surface area contributed by atoms with E-state index in [0.29, 0.717) is 17.7 Å². The first kappa shape index (κ1) is 15.9. The molecule has 1 aromatic rings. The molecule has 0 fully saturated rings. The summed E-state index contributed by atoms with van der Waals surface area (Å²) < 4.78 is 27.0. The van der Waals surface area contributed by atoms with Crippen molar-refractivity contribution in [3.05, 3.63) is 38.8 Å². The lowest BCUT2D eigenvalue weighted by Gasteiger charge is -2.31. The second-order valence-corrected chi connectivity index (χ2v) is 6.55. The number of nitrogens with zero attached hydrogens (tertiary/aromatic N) is 1. The fourth-order valence-electron chi connectivity index (χ4n) is 1.99. The average molecular weight is 429 g/mol. The maximum absolute atomic E-state index is 12.7. The molecule has 7 heteroatoms. The molecule has 0 N–H and O–H groups in total. The summed E-state index contributed by atoms with van der Waals surface area (Å²) in [6.07, 6.45) is -0.563. The third kappa shape index (κ3) is 3.40. The van der Waals surface area contributed by atoms with E-state index in [1.54, 1.807) is 24.3 Å². The van der Waals surface area contributed by atoms with E-state index in [0.717, 1.165) is 13.8 Å². The molecular formula is C13H10Br2ClF2NO. The quantitative estimate of drug-likeness (QED) is 0.640. The SMILES string of the molecule is O=C1C(Cl)CC=C(c2ccc(Br)cc2Br)N1CC(F)F. The van der Waals surface area contributed by atoms with Gasteiger partial charge in [-0.3, -0.25) is 4.79 Å². The van der Waals surface area contributed by atoms with Crippen LogP contribution in [0.5, 0.6) is 0 Å². The van der Waals surface area contributed by atoms with Gasteiger partial charge in [-0.1, -0.05) is 44.0 Å². The largest absolute Gasteiger partial charge is 0.305 e. The molecule has 1 heterocycles. The van der Waals surface area contributed by atoms with E-state index in [2.05, 4.69) is 31.9 Å². The zero-order valence-corrected chi connectivity index (χ0v) is 14.1. The van der Waals surface area contributed by atoms with Gasteiger partial charge < -0.3 is 4.90 Å². The predicted molar refractivity (Wildman–Crippen MR) is 81.8 cm³/mol. The topological polar surface area (TPSA) is 20.3 Å². The molecule has 1 aromatic carbocycles. The first-order valence-electron chi connectivity index (χ1n) is 5.79. The Balaban J connectivity index is 2.43. The monoisotopic (exact) mass is 427 g/mol.